The molecule has 1 saturated carbocycles. The Hall–Kier alpha value is -0.910. The van der Waals surface area contributed by atoms with Gasteiger partial charge in [-0.2, -0.15) is 0 Å². The Kier molecular flexibility index (Phi) is 3.28. The number of rotatable bonds is 5. The van der Waals surface area contributed by atoms with Crippen molar-refractivity contribution in [3.8, 4) is 0 Å². The number of ether oxygens (including phenoxy) is 2. The number of hydrogen-bond donors (Lipinski definition) is 1. The van der Waals surface area contributed by atoms with Crippen LogP contribution in [0.3, 0.4) is 0 Å². The van der Waals surface area contributed by atoms with Crippen LogP contribution in [0.4, 0.5) is 0 Å². The Balaban J connectivity index is 2.03. The Morgan fingerprint density at radius 1 is 1.69 bits per heavy atom. The van der Waals surface area contributed by atoms with Gasteiger partial charge in [0, 0.05) is 12.0 Å². The third kappa shape index (κ3) is 1.86. The Labute approximate surface area is 97.8 Å². The fourth-order valence-electron chi connectivity index (χ4n) is 2.03. The second-order valence-electron chi connectivity index (χ2n) is 3.97. The van der Waals surface area contributed by atoms with Gasteiger partial charge in [0.2, 0.25) is 0 Å². The summed E-state index contributed by atoms with van der Waals surface area (Å²) in [4.78, 5) is 12.3. The Bertz CT molecular complexity index is 354. The summed E-state index contributed by atoms with van der Waals surface area (Å²) in [6, 6.07) is 3.76. The van der Waals surface area contributed by atoms with Crippen molar-refractivity contribution in [2.75, 3.05) is 13.9 Å². The molecule has 1 heterocycles. The fraction of sp³-hybridized carbons (Fsp3) is 0.545. The van der Waals surface area contributed by atoms with Crippen LogP contribution in [0, 0.1) is 0 Å². The summed E-state index contributed by atoms with van der Waals surface area (Å²) >= 11 is 1.49. The molecule has 5 heteroatoms. The monoisotopic (exact) mass is 242 g/mol. The average Bonchev–Trinajstić information content (AvgIpc) is 2.69. The summed E-state index contributed by atoms with van der Waals surface area (Å²) in [5, 5.41) is 11.2. The molecule has 1 fully saturated rings. The van der Waals surface area contributed by atoms with Crippen LogP contribution < -0.4 is 0 Å². The van der Waals surface area contributed by atoms with E-state index < -0.39 is 11.4 Å². The van der Waals surface area contributed by atoms with E-state index in [1.54, 1.807) is 7.11 Å². The third-order valence-electron chi connectivity index (χ3n) is 2.98. The molecule has 2 rings (SSSR count). The van der Waals surface area contributed by atoms with E-state index in [9.17, 15) is 9.90 Å². The summed E-state index contributed by atoms with van der Waals surface area (Å²) in [5.41, 5.74) is -0.730. The molecular weight excluding hydrogens is 228 g/mol. The minimum atomic E-state index is -0.757. The number of carboxylic acid groups (broad SMARTS) is 1. The molecule has 0 bridgehead atoms. The summed E-state index contributed by atoms with van der Waals surface area (Å²) in [7, 11) is 1.56. The summed E-state index contributed by atoms with van der Waals surface area (Å²) in [6.45, 7) is 0.227. The first-order valence-corrected chi connectivity index (χ1v) is 5.95. The highest BCUT2D eigenvalue weighted by molar-refractivity contribution is 7.10. The molecule has 0 radical (unpaired) electrons. The standard InChI is InChI=1S/C11H14O4S/c1-14-7-15-8-5-11(6-8,10(12)13)9-3-2-4-16-9/h2-4,8H,5-7H2,1H3,(H,12,13). The van der Waals surface area contributed by atoms with Crippen molar-refractivity contribution in [2.45, 2.75) is 24.4 Å². The maximum absolute atomic E-state index is 11.3. The van der Waals surface area contributed by atoms with Gasteiger partial charge in [0.1, 0.15) is 12.2 Å². The highest BCUT2D eigenvalue weighted by atomic mass is 32.1. The minimum Gasteiger partial charge on any atom is -0.481 e. The third-order valence-corrected chi connectivity index (χ3v) is 4.05. The average molecular weight is 242 g/mol. The lowest BCUT2D eigenvalue weighted by atomic mass is 9.66. The van der Waals surface area contributed by atoms with Crippen LogP contribution in [-0.2, 0) is 19.7 Å². The lowest BCUT2D eigenvalue weighted by Crippen LogP contribution is -2.51. The van der Waals surface area contributed by atoms with Gasteiger partial charge in [-0.3, -0.25) is 4.79 Å². The van der Waals surface area contributed by atoms with E-state index in [1.807, 2.05) is 17.5 Å². The van der Waals surface area contributed by atoms with E-state index in [1.165, 1.54) is 11.3 Å². The first-order valence-electron chi connectivity index (χ1n) is 5.07. The molecule has 4 nitrogen and oxygen atoms in total. The minimum absolute atomic E-state index is 0.00171. The highest BCUT2D eigenvalue weighted by Gasteiger charge is 2.53. The van der Waals surface area contributed by atoms with Gasteiger partial charge in [0.05, 0.1) is 6.10 Å². The number of carbonyl (C=O) groups is 1. The number of hydrogen-bond acceptors (Lipinski definition) is 4. The van der Waals surface area contributed by atoms with E-state index in [2.05, 4.69) is 0 Å². The second kappa shape index (κ2) is 4.53. The molecule has 0 atom stereocenters. The molecule has 0 spiro atoms. The van der Waals surface area contributed by atoms with Gasteiger partial charge in [-0.25, -0.2) is 0 Å². The number of aliphatic carboxylic acids is 1. The normalized spacial score (nSPS) is 28.7. The lowest BCUT2D eigenvalue weighted by Gasteiger charge is -2.43. The smallest absolute Gasteiger partial charge is 0.315 e. The van der Waals surface area contributed by atoms with Crippen LogP contribution in [0.5, 0.6) is 0 Å². The predicted molar refractivity (Wildman–Crippen MR) is 59.6 cm³/mol. The fourth-order valence-corrected chi connectivity index (χ4v) is 2.97. The maximum Gasteiger partial charge on any atom is 0.315 e. The van der Waals surface area contributed by atoms with Gasteiger partial charge in [-0.15, -0.1) is 11.3 Å². The molecule has 16 heavy (non-hydrogen) atoms. The molecule has 88 valence electrons. The Morgan fingerprint density at radius 3 is 2.94 bits per heavy atom. The predicted octanol–water partition coefficient (Wildman–Crippen LogP) is 1.85. The van der Waals surface area contributed by atoms with Crippen LogP contribution in [0.15, 0.2) is 17.5 Å². The van der Waals surface area contributed by atoms with Crippen molar-refractivity contribution in [1.82, 2.24) is 0 Å². The molecule has 1 aliphatic carbocycles. The molecule has 0 amide bonds. The molecule has 1 aliphatic rings. The van der Waals surface area contributed by atoms with Gasteiger partial charge in [-0.1, -0.05) is 6.07 Å². The number of methoxy groups -OCH3 is 1. The maximum atomic E-state index is 11.3. The largest absolute Gasteiger partial charge is 0.481 e. The topological polar surface area (TPSA) is 55.8 Å². The number of thiophene rings is 1. The first-order chi connectivity index (χ1) is 7.69. The van der Waals surface area contributed by atoms with Crippen LogP contribution >= 0.6 is 11.3 Å². The Morgan fingerprint density at radius 2 is 2.44 bits per heavy atom. The van der Waals surface area contributed by atoms with Gasteiger partial charge in [0.15, 0.2) is 0 Å². The summed E-state index contributed by atoms with van der Waals surface area (Å²) in [6.07, 6.45) is 1.07. The quantitative estimate of drug-likeness (QED) is 0.801. The van der Waals surface area contributed by atoms with E-state index >= 15 is 0 Å². The van der Waals surface area contributed by atoms with Crippen LogP contribution in [0.1, 0.15) is 17.7 Å². The van der Waals surface area contributed by atoms with Crippen molar-refractivity contribution >= 4 is 17.3 Å². The van der Waals surface area contributed by atoms with Crippen molar-refractivity contribution in [3.63, 3.8) is 0 Å². The van der Waals surface area contributed by atoms with Crippen LogP contribution in [0.25, 0.3) is 0 Å². The molecule has 1 N–H and O–H groups in total. The lowest BCUT2D eigenvalue weighted by molar-refractivity contribution is -0.163. The van der Waals surface area contributed by atoms with E-state index in [0.717, 1.165) is 4.88 Å². The molecule has 0 saturated heterocycles. The highest BCUT2D eigenvalue weighted by Crippen LogP contribution is 2.47. The molecular formula is C11H14O4S. The number of carboxylic acids is 1. The zero-order valence-electron chi connectivity index (χ0n) is 9.01. The second-order valence-corrected chi connectivity index (χ2v) is 4.92. The van der Waals surface area contributed by atoms with Crippen LogP contribution in [0.2, 0.25) is 0 Å². The summed E-state index contributed by atoms with van der Waals surface area (Å²) in [5.74, 6) is -0.757. The molecule has 0 unspecified atom stereocenters. The SMILES string of the molecule is COCOC1CC(C(=O)O)(c2cccs2)C1. The van der Waals surface area contributed by atoms with Gasteiger partial charge in [-0.05, 0) is 24.3 Å². The van der Waals surface area contributed by atoms with Gasteiger partial charge < -0.3 is 14.6 Å². The van der Waals surface area contributed by atoms with Gasteiger partial charge in [0.25, 0.3) is 0 Å². The zero-order valence-corrected chi connectivity index (χ0v) is 9.83. The van der Waals surface area contributed by atoms with Crippen molar-refractivity contribution in [1.29, 1.82) is 0 Å². The first kappa shape index (κ1) is 11.6. The summed E-state index contributed by atoms with van der Waals surface area (Å²) < 4.78 is 10.2. The van der Waals surface area contributed by atoms with E-state index in [-0.39, 0.29) is 12.9 Å². The van der Waals surface area contributed by atoms with Crippen molar-refractivity contribution < 1.29 is 19.4 Å². The van der Waals surface area contributed by atoms with Crippen LogP contribution in [-0.4, -0.2) is 31.1 Å². The molecule has 0 aliphatic heterocycles. The van der Waals surface area contributed by atoms with Crippen molar-refractivity contribution in [2.24, 2.45) is 0 Å². The zero-order chi connectivity index (χ0) is 11.6. The van der Waals surface area contributed by atoms with Gasteiger partial charge >= 0.3 is 5.97 Å². The molecule has 1 aromatic heterocycles. The molecule has 1 aromatic rings. The van der Waals surface area contributed by atoms with Crippen molar-refractivity contribution in [3.05, 3.63) is 22.4 Å². The molecule has 0 aromatic carbocycles. The van der Waals surface area contributed by atoms with E-state index in [4.69, 9.17) is 9.47 Å². The van der Waals surface area contributed by atoms with E-state index in [0.29, 0.717) is 12.8 Å².